The van der Waals surface area contributed by atoms with Gasteiger partial charge in [0.2, 0.25) is 10.0 Å². The van der Waals surface area contributed by atoms with Crippen molar-refractivity contribution in [1.29, 1.82) is 0 Å². The van der Waals surface area contributed by atoms with Crippen molar-refractivity contribution in [3.8, 4) is 0 Å². The third kappa shape index (κ3) is 3.45. The average Bonchev–Trinajstić information content (AvgIpc) is 3.17. The second-order valence-corrected chi connectivity index (χ2v) is 7.39. The van der Waals surface area contributed by atoms with Gasteiger partial charge in [-0.25, -0.2) is 14.3 Å². The molecule has 1 aromatic rings. The Hall–Kier alpha value is -1.38. The molecule has 1 aliphatic rings. The van der Waals surface area contributed by atoms with Crippen LogP contribution in [0.15, 0.2) is 17.2 Å². The van der Waals surface area contributed by atoms with E-state index in [0.717, 1.165) is 19.3 Å². The fourth-order valence-corrected chi connectivity index (χ4v) is 3.95. The van der Waals surface area contributed by atoms with E-state index < -0.39 is 15.9 Å². The zero-order chi connectivity index (χ0) is 15.6. The summed E-state index contributed by atoms with van der Waals surface area (Å²) in [7, 11) is -1.95. The quantitative estimate of drug-likeness (QED) is 0.433. The van der Waals surface area contributed by atoms with Gasteiger partial charge in [-0.15, -0.1) is 0 Å². The highest BCUT2D eigenvalue weighted by Crippen LogP contribution is 2.32. The van der Waals surface area contributed by atoms with Crippen LogP contribution in [0.3, 0.4) is 0 Å². The molecule has 1 amide bonds. The number of hydrazine groups is 1. The third-order valence-corrected chi connectivity index (χ3v) is 5.44. The molecule has 2 rings (SSSR count). The summed E-state index contributed by atoms with van der Waals surface area (Å²) >= 11 is 0. The number of nitrogens with two attached hydrogens (primary N) is 1. The third-order valence-electron chi connectivity index (χ3n) is 3.61. The molecule has 21 heavy (non-hydrogen) atoms. The molecule has 7 nitrogen and oxygen atoms in total. The predicted molar refractivity (Wildman–Crippen MR) is 78.8 cm³/mol. The fourth-order valence-electron chi connectivity index (χ4n) is 2.27. The number of nitrogens with zero attached hydrogens (tertiary/aromatic N) is 2. The van der Waals surface area contributed by atoms with Crippen LogP contribution in [-0.4, -0.2) is 36.3 Å². The molecule has 0 atom stereocenters. The number of aryl methyl sites for hydroxylation is 1. The first kappa shape index (κ1) is 16.0. The van der Waals surface area contributed by atoms with Crippen molar-refractivity contribution in [2.45, 2.75) is 31.1 Å². The first-order valence-electron chi connectivity index (χ1n) is 7.07. The summed E-state index contributed by atoms with van der Waals surface area (Å²) in [6.07, 6.45) is 4.39. The molecule has 1 fully saturated rings. The Labute approximate surface area is 125 Å². The largest absolute Gasteiger partial charge is 0.345 e. The van der Waals surface area contributed by atoms with E-state index in [0.29, 0.717) is 19.0 Å². The summed E-state index contributed by atoms with van der Waals surface area (Å²) in [6.45, 7) is 3.00. The van der Waals surface area contributed by atoms with Crippen LogP contribution in [0.4, 0.5) is 0 Å². The summed E-state index contributed by atoms with van der Waals surface area (Å²) in [6, 6.07) is 1.37. The minimum Gasteiger partial charge on any atom is -0.345 e. The number of nitrogen functional groups attached to an aromatic ring is 1. The molecule has 0 unspecified atom stereocenters. The normalized spacial score (nSPS) is 15.4. The highest BCUT2D eigenvalue weighted by molar-refractivity contribution is 7.89. The van der Waals surface area contributed by atoms with E-state index in [2.05, 4.69) is 0 Å². The number of sulfonamides is 1. The average molecular weight is 314 g/mol. The van der Waals surface area contributed by atoms with Crippen molar-refractivity contribution < 1.29 is 13.2 Å². The van der Waals surface area contributed by atoms with Crippen LogP contribution in [0.25, 0.3) is 0 Å². The number of hydrogen-bond donors (Lipinski definition) is 2. The van der Waals surface area contributed by atoms with Crippen molar-refractivity contribution in [3.05, 3.63) is 18.0 Å². The van der Waals surface area contributed by atoms with Crippen LogP contribution < -0.4 is 11.3 Å². The molecular formula is C13H22N4O3S. The smallest absolute Gasteiger partial charge is 0.281 e. The number of rotatable bonds is 7. The molecule has 1 saturated carbocycles. The molecule has 0 saturated heterocycles. The second kappa shape index (κ2) is 6.17. The number of aromatic nitrogens is 1. The molecule has 1 heterocycles. The number of hydrogen-bond acceptors (Lipinski definition) is 4. The van der Waals surface area contributed by atoms with Crippen molar-refractivity contribution in [2.24, 2.45) is 18.8 Å². The number of carbonyl (C=O) groups excluding carboxylic acids is 1. The van der Waals surface area contributed by atoms with Crippen LogP contribution in [0.1, 0.15) is 36.7 Å². The van der Waals surface area contributed by atoms with Gasteiger partial charge in [0, 0.05) is 26.3 Å². The molecule has 0 aliphatic heterocycles. The summed E-state index contributed by atoms with van der Waals surface area (Å²) in [5, 5.41) is 0. The predicted octanol–water partition coefficient (Wildman–Crippen LogP) is 0.439. The lowest BCUT2D eigenvalue weighted by Gasteiger charge is -2.20. The van der Waals surface area contributed by atoms with Gasteiger partial charge in [0.15, 0.2) is 0 Å². The molecule has 0 aromatic carbocycles. The topological polar surface area (TPSA) is 97.4 Å². The van der Waals surface area contributed by atoms with Crippen LogP contribution >= 0.6 is 0 Å². The maximum atomic E-state index is 12.7. The van der Waals surface area contributed by atoms with Gasteiger partial charge in [-0.2, -0.15) is 4.31 Å². The zero-order valence-electron chi connectivity index (χ0n) is 12.4. The number of carbonyl (C=O) groups is 1. The highest BCUT2D eigenvalue weighted by atomic mass is 32.2. The monoisotopic (exact) mass is 314 g/mol. The van der Waals surface area contributed by atoms with Crippen LogP contribution in [0, 0.1) is 5.92 Å². The van der Waals surface area contributed by atoms with Crippen LogP contribution in [0.2, 0.25) is 0 Å². The lowest BCUT2D eigenvalue weighted by atomic mass is 10.4. The van der Waals surface area contributed by atoms with E-state index in [9.17, 15) is 13.2 Å². The summed E-state index contributed by atoms with van der Waals surface area (Å²) in [4.78, 5) is 11.7. The van der Waals surface area contributed by atoms with E-state index in [1.54, 1.807) is 7.05 Å². The van der Waals surface area contributed by atoms with E-state index in [4.69, 9.17) is 5.84 Å². The van der Waals surface area contributed by atoms with Crippen molar-refractivity contribution >= 4 is 15.9 Å². The van der Waals surface area contributed by atoms with Gasteiger partial charge in [-0.05, 0) is 31.2 Å². The standard InChI is InChI=1S/C13H22N4O3S/c1-3-6-17(8-10-4-5-10)21(19,20)11-7-12(13(18)15-14)16(2)9-11/h7,9-10H,3-6,8,14H2,1-2H3,(H,15,18). The second-order valence-electron chi connectivity index (χ2n) is 5.45. The Morgan fingerprint density at radius 1 is 1.52 bits per heavy atom. The first-order chi connectivity index (χ1) is 9.90. The molecule has 118 valence electrons. The molecular weight excluding hydrogens is 292 g/mol. The number of nitrogens with one attached hydrogen (secondary N) is 1. The van der Waals surface area contributed by atoms with E-state index in [1.807, 2.05) is 12.3 Å². The van der Waals surface area contributed by atoms with Crippen molar-refractivity contribution in [3.63, 3.8) is 0 Å². The Kier molecular flexibility index (Phi) is 4.70. The Morgan fingerprint density at radius 3 is 2.71 bits per heavy atom. The van der Waals surface area contributed by atoms with Gasteiger partial charge < -0.3 is 4.57 Å². The maximum absolute atomic E-state index is 12.7. The summed E-state index contributed by atoms with van der Waals surface area (Å²) < 4.78 is 28.4. The van der Waals surface area contributed by atoms with E-state index in [1.165, 1.54) is 21.1 Å². The molecule has 8 heteroatoms. The van der Waals surface area contributed by atoms with Gasteiger partial charge in [-0.1, -0.05) is 6.92 Å². The lowest BCUT2D eigenvalue weighted by molar-refractivity contribution is 0.0945. The Morgan fingerprint density at radius 2 is 2.19 bits per heavy atom. The van der Waals surface area contributed by atoms with Gasteiger partial charge in [0.05, 0.1) is 0 Å². The van der Waals surface area contributed by atoms with Crippen molar-refractivity contribution in [2.75, 3.05) is 13.1 Å². The Bertz CT molecular complexity index is 619. The van der Waals surface area contributed by atoms with Crippen LogP contribution in [-0.2, 0) is 17.1 Å². The van der Waals surface area contributed by atoms with Crippen molar-refractivity contribution in [1.82, 2.24) is 14.3 Å². The van der Waals surface area contributed by atoms with Gasteiger partial charge >= 0.3 is 0 Å². The summed E-state index contributed by atoms with van der Waals surface area (Å²) in [5.41, 5.74) is 2.24. The van der Waals surface area contributed by atoms with Gasteiger partial charge in [-0.3, -0.25) is 10.2 Å². The molecule has 1 aliphatic carbocycles. The molecule has 0 bridgehead atoms. The van der Waals surface area contributed by atoms with E-state index >= 15 is 0 Å². The summed E-state index contributed by atoms with van der Waals surface area (Å²) in [5.74, 6) is 5.06. The first-order valence-corrected chi connectivity index (χ1v) is 8.51. The molecule has 3 N–H and O–H groups in total. The molecule has 0 radical (unpaired) electrons. The highest BCUT2D eigenvalue weighted by Gasteiger charge is 2.32. The minimum absolute atomic E-state index is 0.137. The van der Waals surface area contributed by atoms with E-state index in [-0.39, 0.29) is 10.6 Å². The maximum Gasteiger partial charge on any atom is 0.281 e. The minimum atomic E-state index is -3.57. The fraction of sp³-hybridized carbons (Fsp3) is 0.615. The lowest BCUT2D eigenvalue weighted by Crippen LogP contribution is -2.33. The zero-order valence-corrected chi connectivity index (χ0v) is 13.2. The molecule has 0 spiro atoms. The van der Waals surface area contributed by atoms with Crippen LogP contribution in [0.5, 0.6) is 0 Å². The SMILES string of the molecule is CCCN(CC1CC1)S(=O)(=O)c1cc(C(=O)NN)n(C)c1. The van der Waals surface area contributed by atoms with Gasteiger partial charge in [0.1, 0.15) is 10.6 Å². The molecule has 1 aromatic heterocycles. The van der Waals surface area contributed by atoms with Gasteiger partial charge in [0.25, 0.3) is 5.91 Å². The Balaban J connectivity index is 2.30. The number of amides is 1.